The predicted octanol–water partition coefficient (Wildman–Crippen LogP) is 1.05. The lowest BCUT2D eigenvalue weighted by Gasteiger charge is -2.42. The van der Waals surface area contributed by atoms with Gasteiger partial charge < -0.3 is 5.11 Å². The minimum Gasteiger partial charge on any atom is -0.476 e. The highest BCUT2D eigenvalue weighted by atomic mass is 32.1. The molecule has 3 rings (SSSR count). The SMILES string of the molecule is CC(c1nccs1)N1CC(n2cc(C(=O)O)nn2)C1. The van der Waals surface area contributed by atoms with Crippen LogP contribution in [0.4, 0.5) is 0 Å². The van der Waals surface area contributed by atoms with E-state index < -0.39 is 5.97 Å². The number of hydrogen-bond donors (Lipinski definition) is 1. The molecule has 19 heavy (non-hydrogen) atoms. The minimum atomic E-state index is -1.04. The Kier molecular flexibility index (Phi) is 3.03. The summed E-state index contributed by atoms with van der Waals surface area (Å²) in [5, 5.41) is 19.4. The van der Waals surface area contributed by atoms with Crippen LogP contribution in [-0.2, 0) is 0 Å². The van der Waals surface area contributed by atoms with Crippen LogP contribution in [0.2, 0.25) is 0 Å². The van der Waals surface area contributed by atoms with Gasteiger partial charge in [-0.3, -0.25) is 4.90 Å². The van der Waals surface area contributed by atoms with Crippen molar-refractivity contribution in [1.29, 1.82) is 0 Å². The fraction of sp³-hybridized carbons (Fsp3) is 0.455. The van der Waals surface area contributed by atoms with Gasteiger partial charge in [0.15, 0.2) is 5.69 Å². The molecule has 100 valence electrons. The van der Waals surface area contributed by atoms with Crippen molar-refractivity contribution in [2.75, 3.05) is 13.1 Å². The van der Waals surface area contributed by atoms with Crippen molar-refractivity contribution in [1.82, 2.24) is 24.9 Å². The van der Waals surface area contributed by atoms with Gasteiger partial charge in [-0.1, -0.05) is 5.21 Å². The quantitative estimate of drug-likeness (QED) is 0.900. The van der Waals surface area contributed by atoms with Crippen molar-refractivity contribution in [3.05, 3.63) is 28.5 Å². The van der Waals surface area contributed by atoms with Crippen LogP contribution >= 0.6 is 11.3 Å². The number of carboxylic acid groups (broad SMARTS) is 1. The summed E-state index contributed by atoms with van der Waals surface area (Å²) in [6.45, 7) is 3.80. The molecule has 0 aromatic carbocycles. The molecule has 0 amide bonds. The van der Waals surface area contributed by atoms with Crippen LogP contribution in [0, 0.1) is 0 Å². The van der Waals surface area contributed by atoms with E-state index in [1.54, 1.807) is 16.0 Å². The van der Waals surface area contributed by atoms with Gasteiger partial charge in [-0.05, 0) is 6.92 Å². The van der Waals surface area contributed by atoms with E-state index in [9.17, 15) is 4.79 Å². The second kappa shape index (κ2) is 4.71. The number of nitrogens with zero attached hydrogens (tertiary/aromatic N) is 5. The molecular formula is C11H13N5O2S. The monoisotopic (exact) mass is 279 g/mol. The Labute approximate surface area is 113 Å². The number of aromatic nitrogens is 4. The number of carbonyl (C=O) groups is 1. The maximum absolute atomic E-state index is 10.7. The van der Waals surface area contributed by atoms with E-state index in [2.05, 4.69) is 27.1 Å². The average Bonchev–Trinajstić information content (AvgIpc) is 2.98. The fourth-order valence-electron chi connectivity index (χ4n) is 2.12. The first-order valence-corrected chi connectivity index (χ1v) is 6.81. The predicted molar refractivity (Wildman–Crippen MR) is 68.1 cm³/mol. The highest BCUT2D eigenvalue weighted by Gasteiger charge is 2.34. The molecule has 7 nitrogen and oxygen atoms in total. The summed E-state index contributed by atoms with van der Waals surface area (Å²) >= 11 is 1.65. The zero-order chi connectivity index (χ0) is 13.4. The van der Waals surface area contributed by atoms with E-state index in [-0.39, 0.29) is 11.7 Å². The third-order valence-corrected chi connectivity index (χ3v) is 4.30. The van der Waals surface area contributed by atoms with Gasteiger partial charge in [0, 0.05) is 24.7 Å². The number of rotatable bonds is 4. The average molecular weight is 279 g/mol. The van der Waals surface area contributed by atoms with Gasteiger partial charge in [0.25, 0.3) is 0 Å². The van der Waals surface area contributed by atoms with Gasteiger partial charge in [-0.15, -0.1) is 16.4 Å². The van der Waals surface area contributed by atoms with Crippen LogP contribution in [0.3, 0.4) is 0 Å². The molecule has 0 saturated carbocycles. The Hall–Kier alpha value is -1.80. The lowest BCUT2D eigenvalue weighted by atomic mass is 10.1. The smallest absolute Gasteiger partial charge is 0.358 e. The van der Waals surface area contributed by atoms with Gasteiger partial charge in [0.05, 0.1) is 18.3 Å². The van der Waals surface area contributed by atoms with Crippen molar-refractivity contribution < 1.29 is 9.90 Å². The Balaban J connectivity index is 1.61. The summed E-state index contributed by atoms with van der Waals surface area (Å²) < 4.78 is 1.63. The first-order chi connectivity index (χ1) is 9.15. The third-order valence-electron chi connectivity index (χ3n) is 3.35. The van der Waals surface area contributed by atoms with Crippen molar-refractivity contribution in [2.45, 2.75) is 19.0 Å². The number of aromatic carboxylic acids is 1. The lowest BCUT2D eigenvalue weighted by Crippen LogP contribution is -2.48. The molecule has 1 fully saturated rings. The molecule has 3 heterocycles. The summed E-state index contributed by atoms with van der Waals surface area (Å²) in [7, 11) is 0. The van der Waals surface area contributed by atoms with E-state index in [1.165, 1.54) is 6.20 Å². The summed E-state index contributed by atoms with van der Waals surface area (Å²) in [5.74, 6) is -1.04. The molecule has 1 saturated heterocycles. The summed E-state index contributed by atoms with van der Waals surface area (Å²) in [4.78, 5) is 17.3. The maximum Gasteiger partial charge on any atom is 0.358 e. The van der Waals surface area contributed by atoms with Crippen molar-refractivity contribution >= 4 is 17.3 Å². The van der Waals surface area contributed by atoms with E-state index in [0.717, 1.165) is 18.1 Å². The molecule has 0 bridgehead atoms. The lowest BCUT2D eigenvalue weighted by molar-refractivity contribution is 0.0584. The first-order valence-electron chi connectivity index (χ1n) is 5.93. The molecule has 1 aliphatic heterocycles. The molecule has 0 aliphatic carbocycles. The maximum atomic E-state index is 10.7. The molecule has 1 aliphatic rings. The number of likely N-dealkylation sites (tertiary alicyclic amines) is 1. The molecule has 1 N–H and O–H groups in total. The first kappa shape index (κ1) is 12.2. The Morgan fingerprint density at radius 3 is 2.95 bits per heavy atom. The topological polar surface area (TPSA) is 84.1 Å². The van der Waals surface area contributed by atoms with Crippen LogP contribution < -0.4 is 0 Å². The molecule has 0 radical (unpaired) electrons. The van der Waals surface area contributed by atoms with Crippen LogP contribution in [0.1, 0.15) is 34.5 Å². The van der Waals surface area contributed by atoms with Crippen molar-refractivity contribution in [2.24, 2.45) is 0 Å². The third kappa shape index (κ3) is 2.24. The van der Waals surface area contributed by atoms with E-state index in [0.29, 0.717) is 6.04 Å². The highest BCUT2D eigenvalue weighted by Crippen LogP contribution is 2.31. The minimum absolute atomic E-state index is 0.00794. The normalized spacial score (nSPS) is 18.2. The van der Waals surface area contributed by atoms with Crippen LogP contribution in [0.15, 0.2) is 17.8 Å². The molecule has 0 spiro atoms. The summed E-state index contributed by atoms with van der Waals surface area (Å²) in [5.41, 5.74) is -0.00794. The second-order valence-corrected chi connectivity index (χ2v) is 5.47. The zero-order valence-corrected chi connectivity index (χ0v) is 11.1. The summed E-state index contributed by atoms with van der Waals surface area (Å²) in [6, 6.07) is 0.488. The molecule has 1 atom stereocenters. The van der Waals surface area contributed by atoms with Crippen molar-refractivity contribution in [3.63, 3.8) is 0 Å². The Morgan fingerprint density at radius 2 is 2.37 bits per heavy atom. The van der Waals surface area contributed by atoms with Gasteiger partial charge >= 0.3 is 5.97 Å². The molecular weight excluding hydrogens is 266 g/mol. The molecule has 1 unspecified atom stereocenters. The van der Waals surface area contributed by atoms with Crippen LogP contribution in [-0.4, -0.2) is 49.0 Å². The van der Waals surface area contributed by atoms with Gasteiger partial charge in [0.2, 0.25) is 0 Å². The number of hydrogen-bond acceptors (Lipinski definition) is 6. The van der Waals surface area contributed by atoms with Gasteiger partial charge in [-0.2, -0.15) is 0 Å². The molecule has 2 aromatic rings. The van der Waals surface area contributed by atoms with Gasteiger partial charge in [-0.25, -0.2) is 14.5 Å². The molecule has 2 aromatic heterocycles. The second-order valence-electron chi connectivity index (χ2n) is 4.54. The van der Waals surface area contributed by atoms with Crippen LogP contribution in [0.25, 0.3) is 0 Å². The fourth-order valence-corrected chi connectivity index (χ4v) is 2.85. The zero-order valence-electron chi connectivity index (χ0n) is 10.3. The van der Waals surface area contributed by atoms with E-state index >= 15 is 0 Å². The standard InChI is InChI=1S/C11H13N5O2S/c1-7(10-12-2-3-19-10)15-4-8(5-15)16-6-9(11(17)18)13-14-16/h2-3,6-8H,4-5H2,1H3,(H,17,18). The van der Waals surface area contributed by atoms with E-state index in [4.69, 9.17) is 5.11 Å². The largest absolute Gasteiger partial charge is 0.476 e. The van der Waals surface area contributed by atoms with Crippen molar-refractivity contribution in [3.8, 4) is 0 Å². The van der Waals surface area contributed by atoms with Gasteiger partial charge in [0.1, 0.15) is 5.01 Å². The number of carboxylic acids is 1. The van der Waals surface area contributed by atoms with Crippen LogP contribution in [0.5, 0.6) is 0 Å². The molecule has 8 heteroatoms. The highest BCUT2D eigenvalue weighted by molar-refractivity contribution is 7.09. The number of thiazole rings is 1. The Bertz CT molecular complexity index is 576. The van der Waals surface area contributed by atoms with E-state index in [1.807, 2.05) is 11.6 Å². The summed E-state index contributed by atoms with van der Waals surface area (Å²) in [6.07, 6.45) is 3.29. The Morgan fingerprint density at radius 1 is 1.58 bits per heavy atom.